The van der Waals surface area contributed by atoms with Gasteiger partial charge in [-0.25, -0.2) is 9.67 Å². The fourth-order valence-corrected chi connectivity index (χ4v) is 4.81. The van der Waals surface area contributed by atoms with Crippen LogP contribution in [0.4, 0.5) is 5.82 Å². The van der Waals surface area contributed by atoms with Crippen LogP contribution in [0.1, 0.15) is 24.5 Å². The van der Waals surface area contributed by atoms with Gasteiger partial charge in [-0.15, -0.1) is 0 Å². The lowest BCUT2D eigenvalue weighted by Gasteiger charge is -2.28. The predicted octanol–water partition coefficient (Wildman–Crippen LogP) is 1.78. The van der Waals surface area contributed by atoms with Crippen molar-refractivity contribution < 1.29 is 9.53 Å². The summed E-state index contributed by atoms with van der Waals surface area (Å²) in [4.78, 5) is 34.8. The fourth-order valence-electron chi connectivity index (χ4n) is 4.81. The average molecular weight is 474 g/mol. The second-order valence-electron chi connectivity index (χ2n) is 9.04. The number of morpholine rings is 1. The molecule has 0 bridgehead atoms. The number of ether oxygens (including phenoxy) is 1. The lowest BCUT2D eigenvalue weighted by atomic mass is 9.95. The Morgan fingerprint density at radius 2 is 1.83 bits per heavy atom. The van der Waals surface area contributed by atoms with Gasteiger partial charge in [0, 0.05) is 70.2 Å². The Morgan fingerprint density at radius 3 is 2.60 bits per heavy atom. The molecule has 0 radical (unpaired) electrons. The van der Waals surface area contributed by atoms with E-state index in [1.54, 1.807) is 22.0 Å². The normalized spacial score (nSPS) is 19.0. The summed E-state index contributed by atoms with van der Waals surface area (Å²) in [7, 11) is 3.81. The lowest BCUT2D eigenvalue weighted by molar-refractivity contribution is -0.132. The minimum Gasteiger partial charge on any atom is -0.378 e. The Kier molecular flexibility index (Phi) is 5.40. The van der Waals surface area contributed by atoms with Gasteiger partial charge in [-0.1, -0.05) is 0 Å². The van der Waals surface area contributed by atoms with Gasteiger partial charge in [0.1, 0.15) is 5.82 Å². The Hall–Kier alpha value is -3.86. The van der Waals surface area contributed by atoms with Crippen molar-refractivity contribution in [3.05, 3.63) is 42.5 Å². The van der Waals surface area contributed by atoms with E-state index in [0.717, 1.165) is 53.6 Å². The van der Waals surface area contributed by atoms with Gasteiger partial charge in [-0.3, -0.25) is 9.78 Å². The summed E-state index contributed by atoms with van der Waals surface area (Å²) in [6, 6.07) is 5.88. The zero-order chi connectivity index (χ0) is 23.9. The number of amides is 1. The van der Waals surface area contributed by atoms with Gasteiger partial charge in [0.15, 0.2) is 17.0 Å². The number of likely N-dealkylation sites (N-methyl/N-ethyl adjacent to an activating group) is 1. The van der Waals surface area contributed by atoms with Crippen LogP contribution in [0.15, 0.2) is 36.8 Å². The summed E-state index contributed by atoms with van der Waals surface area (Å²) in [6.45, 7) is 3.43. The SMILES string of the molecule is CN1CC(c2ccn(-c3nc(N4CCOCC4)c4nc(-c5ccncc5)n(C)c4n3)n2)CCC1=O. The summed E-state index contributed by atoms with van der Waals surface area (Å²) in [5.74, 6) is 2.47. The molecule has 4 aromatic heterocycles. The van der Waals surface area contributed by atoms with Crippen molar-refractivity contribution in [1.29, 1.82) is 0 Å². The number of nitrogens with zero attached hydrogens (tertiary/aromatic N) is 9. The molecule has 180 valence electrons. The molecule has 1 unspecified atom stereocenters. The van der Waals surface area contributed by atoms with E-state index in [9.17, 15) is 4.79 Å². The highest BCUT2D eigenvalue weighted by molar-refractivity contribution is 5.87. The molecule has 2 aliphatic heterocycles. The molecule has 6 rings (SSSR count). The topological polar surface area (TPSA) is 107 Å². The molecular weight excluding hydrogens is 446 g/mol. The summed E-state index contributed by atoms with van der Waals surface area (Å²) in [5, 5.41) is 4.82. The number of anilines is 1. The zero-order valence-electron chi connectivity index (χ0n) is 19.8. The van der Waals surface area contributed by atoms with Gasteiger partial charge in [-0.2, -0.15) is 15.1 Å². The van der Waals surface area contributed by atoms with E-state index in [0.29, 0.717) is 32.1 Å². The minimum absolute atomic E-state index is 0.186. The van der Waals surface area contributed by atoms with Crippen LogP contribution in [-0.4, -0.2) is 85.0 Å². The maximum Gasteiger partial charge on any atom is 0.254 e. The smallest absolute Gasteiger partial charge is 0.254 e. The molecule has 6 heterocycles. The van der Waals surface area contributed by atoms with Crippen molar-refractivity contribution in [2.45, 2.75) is 18.8 Å². The van der Waals surface area contributed by atoms with Gasteiger partial charge in [-0.05, 0) is 24.6 Å². The van der Waals surface area contributed by atoms with E-state index < -0.39 is 0 Å². The molecule has 0 aliphatic carbocycles. The molecule has 1 amide bonds. The van der Waals surface area contributed by atoms with Crippen molar-refractivity contribution in [2.24, 2.45) is 7.05 Å². The number of piperidine rings is 1. The van der Waals surface area contributed by atoms with Crippen LogP contribution in [-0.2, 0) is 16.6 Å². The molecule has 35 heavy (non-hydrogen) atoms. The number of pyridine rings is 1. The first kappa shape index (κ1) is 21.7. The molecule has 1 atom stereocenters. The van der Waals surface area contributed by atoms with Crippen LogP contribution in [0.5, 0.6) is 0 Å². The van der Waals surface area contributed by atoms with Crippen molar-refractivity contribution in [2.75, 3.05) is 44.8 Å². The van der Waals surface area contributed by atoms with E-state index in [1.807, 2.05) is 43.1 Å². The number of fused-ring (bicyclic) bond motifs is 1. The molecule has 11 nitrogen and oxygen atoms in total. The van der Waals surface area contributed by atoms with Crippen molar-refractivity contribution in [1.82, 2.24) is 39.2 Å². The van der Waals surface area contributed by atoms with Crippen molar-refractivity contribution in [3.8, 4) is 17.3 Å². The summed E-state index contributed by atoms with van der Waals surface area (Å²) < 4.78 is 9.29. The monoisotopic (exact) mass is 473 g/mol. The summed E-state index contributed by atoms with van der Waals surface area (Å²) in [5.41, 5.74) is 3.41. The maximum absolute atomic E-state index is 11.9. The highest BCUT2D eigenvalue weighted by Crippen LogP contribution is 2.30. The molecule has 0 N–H and O–H groups in total. The molecule has 0 aromatic carbocycles. The van der Waals surface area contributed by atoms with Gasteiger partial charge in [0.05, 0.1) is 18.9 Å². The molecule has 11 heteroatoms. The van der Waals surface area contributed by atoms with E-state index in [1.165, 1.54) is 0 Å². The molecule has 4 aromatic rings. The highest BCUT2D eigenvalue weighted by atomic mass is 16.5. The molecule has 2 aliphatic rings. The number of imidazole rings is 1. The standard InChI is InChI=1S/C24H27N9O2/c1-30-15-17(3-4-19(30)34)18-7-10-33(29-18)24-27-22-20(23(28-24)32-11-13-35-14-12-32)26-21(31(22)2)16-5-8-25-9-6-16/h5-10,17H,3-4,11-15H2,1-2H3. The van der Waals surface area contributed by atoms with E-state index in [4.69, 9.17) is 24.8 Å². The number of rotatable bonds is 4. The first-order valence-corrected chi connectivity index (χ1v) is 11.9. The number of aryl methyl sites for hydroxylation is 1. The fraction of sp³-hybridized carbons (Fsp3) is 0.417. The third-order valence-electron chi connectivity index (χ3n) is 6.80. The predicted molar refractivity (Wildman–Crippen MR) is 129 cm³/mol. The van der Waals surface area contributed by atoms with Crippen molar-refractivity contribution in [3.63, 3.8) is 0 Å². The first-order chi connectivity index (χ1) is 17.1. The lowest BCUT2D eigenvalue weighted by Crippen LogP contribution is -2.37. The number of likely N-dealkylation sites (tertiary alicyclic amines) is 1. The third-order valence-corrected chi connectivity index (χ3v) is 6.80. The van der Waals surface area contributed by atoms with Crippen LogP contribution in [0.2, 0.25) is 0 Å². The van der Waals surface area contributed by atoms with Crippen LogP contribution in [0.25, 0.3) is 28.5 Å². The Morgan fingerprint density at radius 1 is 1.03 bits per heavy atom. The summed E-state index contributed by atoms with van der Waals surface area (Å²) >= 11 is 0. The quantitative estimate of drug-likeness (QED) is 0.442. The van der Waals surface area contributed by atoms with E-state index in [2.05, 4.69) is 9.88 Å². The van der Waals surface area contributed by atoms with Crippen LogP contribution in [0, 0.1) is 0 Å². The van der Waals surface area contributed by atoms with Gasteiger partial charge in [0.25, 0.3) is 5.95 Å². The van der Waals surface area contributed by atoms with Gasteiger partial charge < -0.3 is 19.1 Å². The summed E-state index contributed by atoms with van der Waals surface area (Å²) in [6.07, 6.45) is 6.77. The van der Waals surface area contributed by atoms with Crippen molar-refractivity contribution >= 4 is 22.9 Å². The van der Waals surface area contributed by atoms with Crippen LogP contribution >= 0.6 is 0 Å². The van der Waals surface area contributed by atoms with Gasteiger partial charge >= 0.3 is 0 Å². The second kappa shape index (κ2) is 8.73. The highest BCUT2D eigenvalue weighted by Gasteiger charge is 2.27. The number of carbonyl (C=O) groups is 1. The Balaban J connectivity index is 1.44. The average Bonchev–Trinajstić information content (AvgIpc) is 3.52. The molecule has 2 fully saturated rings. The van der Waals surface area contributed by atoms with E-state index >= 15 is 0 Å². The number of carbonyl (C=O) groups excluding carboxylic acids is 1. The molecular formula is C24H27N9O2. The number of aromatic nitrogens is 7. The molecule has 2 saturated heterocycles. The largest absolute Gasteiger partial charge is 0.378 e. The maximum atomic E-state index is 11.9. The third kappa shape index (κ3) is 3.91. The first-order valence-electron chi connectivity index (χ1n) is 11.9. The van der Waals surface area contributed by atoms with Crippen LogP contribution in [0.3, 0.4) is 0 Å². The molecule has 0 spiro atoms. The van der Waals surface area contributed by atoms with E-state index in [-0.39, 0.29) is 11.8 Å². The second-order valence-corrected chi connectivity index (χ2v) is 9.04. The molecule has 0 saturated carbocycles. The number of hydrogen-bond donors (Lipinski definition) is 0. The van der Waals surface area contributed by atoms with Gasteiger partial charge in [0.2, 0.25) is 5.91 Å². The Labute approximate surface area is 202 Å². The Bertz CT molecular complexity index is 1370. The minimum atomic E-state index is 0.186. The van der Waals surface area contributed by atoms with Crippen LogP contribution < -0.4 is 4.90 Å². The number of hydrogen-bond acceptors (Lipinski definition) is 8. The zero-order valence-corrected chi connectivity index (χ0v) is 19.8.